The third-order valence-corrected chi connectivity index (χ3v) is 7.04. The molecule has 3 aromatic rings. The van der Waals surface area contributed by atoms with Crippen LogP contribution in [0.5, 0.6) is 0 Å². The Hall–Kier alpha value is -2.52. The SMILES string of the molecule is Cc1cc(NC(=O)CN(C)c2nc(CN3CCC(C)CC3)nc3sc(C)c(C)c23)no1. The van der Waals surface area contributed by atoms with E-state index in [0.29, 0.717) is 11.6 Å². The zero-order valence-electron chi connectivity index (χ0n) is 18.9. The average Bonchev–Trinajstić information content (AvgIpc) is 3.25. The Morgan fingerprint density at radius 1 is 1.29 bits per heavy atom. The lowest BCUT2D eigenvalue weighted by Gasteiger charge is -2.29. The normalized spacial score (nSPS) is 15.5. The Labute approximate surface area is 186 Å². The summed E-state index contributed by atoms with van der Waals surface area (Å²) in [5.41, 5.74) is 1.17. The molecule has 1 fully saturated rings. The number of fused-ring (bicyclic) bond motifs is 1. The number of nitrogens with one attached hydrogen (secondary N) is 1. The van der Waals surface area contributed by atoms with Crippen molar-refractivity contribution in [2.75, 3.05) is 36.9 Å². The second-order valence-corrected chi connectivity index (χ2v) is 9.82. The van der Waals surface area contributed by atoms with Crippen molar-refractivity contribution in [1.29, 1.82) is 0 Å². The van der Waals surface area contributed by atoms with Crippen LogP contribution >= 0.6 is 11.3 Å². The molecule has 0 radical (unpaired) electrons. The van der Waals surface area contributed by atoms with Gasteiger partial charge in [0.15, 0.2) is 5.82 Å². The predicted molar refractivity (Wildman–Crippen MR) is 124 cm³/mol. The first-order valence-electron chi connectivity index (χ1n) is 10.7. The first-order chi connectivity index (χ1) is 14.8. The maximum Gasteiger partial charge on any atom is 0.245 e. The Morgan fingerprint density at radius 2 is 2.03 bits per heavy atom. The number of aromatic nitrogens is 3. The number of aryl methyl sites for hydroxylation is 3. The van der Waals surface area contributed by atoms with E-state index in [1.165, 1.54) is 23.3 Å². The van der Waals surface area contributed by atoms with Crippen molar-refractivity contribution in [2.45, 2.75) is 47.1 Å². The predicted octanol–water partition coefficient (Wildman–Crippen LogP) is 3.91. The second-order valence-electron chi connectivity index (χ2n) is 8.61. The van der Waals surface area contributed by atoms with Crippen LogP contribution < -0.4 is 10.2 Å². The summed E-state index contributed by atoms with van der Waals surface area (Å²) < 4.78 is 5.02. The monoisotopic (exact) mass is 442 g/mol. The highest BCUT2D eigenvalue weighted by Gasteiger charge is 2.22. The molecule has 31 heavy (non-hydrogen) atoms. The fourth-order valence-electron chi connectivity index (χ4n) is 3.94. The Morgan fingerprint density at radius 3 is 2.71 bits per heavy atom. The summed E-state index contributed by atoms with van der Waals surface area (Å²) in [5, 5.41) is 7.65. The van der Waals surface area contributed by atoms with Crippen molar-refractivity contribution < 1.29 is 9.32 Å². The van der Waals surface area contributed by atoms with Gasteiger partial charge in [-0.05, 0) is 58.2 Å². The number of thiophene rings is 1. The summed E-state index contributed by atoms with van der Waals surface area (Å²) in [6, 6.07) is 1.70. The number of carbonyl (C=O) groups excluding carboxylic acids is 1. The lowest BCUT2D eigenvalue weighted by Crippen LogP contribution is -2.34. The van der Waals surface area contributed by atoms with E-state index in [2.05, 4.69) is 36.1 Å². The molecule has 4 rings (SSSR count). The minimum absolute atomic E-state index is 0.160. The van der Waals surface area contributed by atoms with Crippen LogP contribution in [-0.2, 0) is 11.3 Å². The van der Waals surface area contributed by atoms with Crippen molar-refractivity contribution in [3.8, 4) is 0 Å². The summed E-state index contributed by atoms with van der Waals surface area (Å²) in [6.07, 6.45) is 2.43. The van der Waals surface area contributed by atoms with Gasteiger partial charge >= 0.3 is 0 Å². The molecule has 0 unspecified atom stereocenters. The van der Waals surface area contributed by atoms with E-state index in [-0.39, 0.29) is 12.5 Å². The molecule has 0 aliphatic carbocycles. The number of likely N-dealkylation sites (tertiary alicyclic amines) is 1. The highest BCUT2D eigenvalue weighted by atomic mass is 32.1. The van der Waals surface area contributed by atoms with E-state index in [4.69, 9.17) is 14.5 Å². The number of piperidine rings is 1. The van der Waals surface area contributed by atoms with Crippen LogP contribution in [0, 0.1) is 26.7 Å². The molecule has 0 atom stereocenters. The first kappa shape index (κ1) is 21.7. The number of likely N-dealkylation sites (N-methyl/N-ethyl adjacent to an activating group) is 1. The molecular weight excluding hydrogens is 412 g/mol. The number of rotatable bonds is 6. The van der Waals surface area contributed by atoms with Gasteiger partial charge < -0.3 is 14.7 Å². The number of amides is 1. The molecule has 9 heteroatoms. The van der Waals surface area contributed by atoms with Crippen LogP contribution in [0.4, 0.5) is 11.6 Å². The molecular formula is C22H30N6O2S. The molecule has 4 heterocycles. The fraction of sp³-hybridized carbons (Fsp3) is 0.545. The van der Waals surface area contributed by atoms with Gasteiger partial charge in [0, 0.05) is 18.0 Å². The van der Waals surface area contributed by atoms with E-state index >= 15 is 0 Å². The highest BCUT2D eigenvalue weighted by Crippen LogP contribution is 2.35. The summed E-state index contributed by atoms with van der Waals surface area (Å²) in [6.45, 7) is 11.4. The number of hydrogen-bond acceptors (Lipinski definition) is 8. The third kappa shape index (κ3) is 4.88. The van der Waals surface area contributed by atoms with Crippen molar-refractivity contribution in [1.82, 2.24) is 20.0 Å². The zero-order chi connectivity index (χ0) is 22.1. The molecule has 0 bridgehead atoms. The molecule has 1 saturated heterocycles. The zero-order valence-corrected chi connectivity index (χ0v) is 19.7. The van der Waals surface area contributed by atoms with Crippen molar-refractivity contribution in [3.63, 3.8) is 0 Å². The van der Waals surface area contributed by atoms with Gasteiger partial charge in [0.05, 0.1) is 18.5 Å². The Bertz CT molecular complexity index is 1080. The molecule has 0 spiro atoms. The number of anilines is 2. The van der Waals surface area contributed by atoms with Crippen LogP contribution in [0.2, 0.25) is 0 Å². The number of nitrogens with zero attached hydrogens (tertiary/aromatic N) is 5. The van der Waals surface area contributed by atoms with E-state index in [1.807, 2.05) is 11.9 Å². The molecule has 0 saturated carbocycles. The molecule has 1 aliphatic rings. The van der Waals surface area contributed by atoms with Crippen molar-refractivity contribution >= 4 is 39.1 Å². The van der Waals surface area contributed by atoms with Gasteiger partial charge in [-0.1, -0.05) is 12.1 Å². The van der Waals surface area contributed by atoms with Gasteiger partial charge in [-0.25, -0.2) is 9.97 Å². The van der Waals surface area contributed by atoms with E-state index in [9.17, 15) is 4.79 Å². The van der Waals surface area contributed by atoms with Crippen molar-refractivity contribution in [3.05, 3.63) is 28.1 Å². The summed E-state index contributed by atoms with van der Waals surface area (Å²) in [7, 11) is 1.90. The quantitative estimate of drug-likeness (QED) is 0.619. The molecule has 1 aliphatic heterocycles. The number of carbonyl (C=O) groups is 1. The molecule has 0 aromatic carbocycles. The van der Waals surface area contributed by atoms with Crippen LogP contribution in [-0.4, -0.2) is 52.6 Å². The molecule has 3 aromatic heterocycles. The largest absolute Gasteiger partial charge is 0.360 e. The molecule has 8 nitrogen and oxygen atoms in total. The van der Waals surface area contributed by atoms with Crippen molar-refractivity contribution in [2.24, 2.45) is 5.92 Å². The van der Waals surface area contributed by atoms with Crippen LogP contribution in [0.3, 0.4) is 0 Å². The maximum absolute atomic E-state index is 12.6. The van der Waals surface area contributed by atoms with Gasteiger partial charge in [0.1, 0.15) is 22.2 Å². The topological polar surface area (TPSA) is 87.4 Å². The lowest BCUT2D eigenvalue weighted by atomic mass is 9.99. The summed E-state index contributed by atoms with van der Waals surface area (Å²) in [4.78, 5) is 28.9. The van der Waals surface area contributed by atoms with Gasteiger partial charge in [-0.3, -0.25) is 9.69 Å². The van der Waals surface area contributed by atoms with Gasteiger partial charge in [0.25, 0.3) is 0 Å². The minimum atomic E-state index is -0.168. The molecule has 166 valence electrons. The fourth-order valence-corrected chi connectivity index (χ4v) is 4.98. The van der Waals surface area contributed by atoms with Crippen LogP contribution in [0.15, 0.2) is 10.6 Å². The summed E-state index contributed by atoms with van der Waals surface area (Å²) in [5.74, 6) is 3.32. The standard InChI is InChI=1S/C22H30N6O2S/c1-13-6-8-28(9-7-13)11-18-24-21(20-15(3)16(4)31-22(20)25-18)27(5)12-19(29)23-17-10-14(2)30-26-17/h10,13H,6-9,11-12H2,1-5H3,(H,23,26,29). The summed E-state index contributed by atoms with van der Waals surface area (Å²) >= 11 is 1.69. The second kappa shape index (κ2) is 8.92. The first-order valence-corrected chi connectivity index (χ1v) is 11.5. The highest BCUT2D eigenvalue weighted by molar-refractivity contribution is 7.18. The smallest absolute Gasteiger partial charge is 0.245 e. The Kier molecular flexibility index (Phi) is 6.24. The minimum Gasteiger partial charge on any atom is -0.360 e. The van der Waals surface area contributed by atoms with Gasteiger partial charge in [0.2, 0.25) is 5.91 Å². The van der Waals surface area contributed by atoms with Crippen LogP contribution in [0.25, 0.3) is 10.2 Å². The maximum atomic E-state index is 12.6. The van der Waals surface area contributed by atoms with Gasteiger partial charge in [-0.2, -0.15) is 0 Å². The van der Waals surface area contributed by atoms with E-state index in [0.717, 1.165) is 47.4 Å². The average molecular weight is 443 g/mol. The van der Waals surface area contributed by atoms with E-state index in [1.54, 1.807) is 24.3 Å². The van der Waals surface area contributed by atoms with Gasteiger partial charge in [-0.15, -0.1) is 11.3 Å². The Balaban J connectivity index is 1.57. The third-order valence-electron chi connectivity index (χ3n) is 5.93. The van der Waals surface area contributed by atoms with Crippen LogP contribution in [0.1, 0.15) is 41.8 Å². The molecule has 1 amide bonds. The van der Waals surface area contributed by atoms with E-state index < -0.39 is 0 Å². The lowest BCUT2D eigenvalue weighted by molar-refractivity contribution is -0.115. The number of hydrogen-bond donors (Lipinski definition) is 1. The molecule has 1 N–H and O–H groups in total.